The Morgan fingerprint density at radius 2 is 1.83 bits per heavy atom. The highest BCUT2D eigenvalue weighted by molar-refractivity contribution is 5.29. The van der Waals surface area contributed by atoms with Crippen LogP contribution >= 0.6 is 0 Å². The van der Waals surface area contributed by atoms with E-state index in [9.17, 15) is 0 Å². The van der Waals surface area contributed by atoms with Crippen molar-refractivity contribution in [1.82, 2.24) is 0 Å². The Balaban J connectivity index is 2.13. The summed E-state index contributed by atoms with van der Waals surface area (Å²) in [5, 5.41) is 0. The van der Waals surface area contributed by atoms with Crippen molar-refractivity contribution < 1.29 is 0 Å². The van der Waals surface area contributed by atoms with Crippen LogP contribution in [0, 0.1) is 5.92 Å². The van der Waals surface area contributed by atoms with E-state index >= 15 is 0 Å². The monoisotopic (exact) mass is 162 g/mol. The zero-order chi connectivity index (χ0) is 8.39. The molecule has 66 valence electrons. The zero-order valence-corrected chi connectivity index (χ0v) is 7.81. The van der Waals surface area contributed by atoms with Crippen LogP contribution in [0.2, 0.25) is 0 Å². The van der Waals surface area contributed by atoms with Crippen molar-refractivity contribution in [3.8, 4) is 0 Å². The average molecular weight is 162 g/mol. The van der Waals surface area contributed by atoms with Gasteiger partial charge in [-0.3, -0.25) is 0 Å². The van der Waals surface area contributed by atoms with E-state index in [1.54, 1.807) is 11.1 Å². The summed E-state index contributed by atoms with van der Waals surface area (Å²) in [6, 6.07) is 0. The first-order valence-corrected chi connectivity index (χ1v) is 5.26. The fourth-order valence-corrected chi connectivity index (χ4v) is 2.41. The van der Waals surface area contributed by atoms with E-state index in [0.717, 1.165) is 5.92 Å². The second kappa shape index (κ2) is 3.47. The average Bonchev–Trinajstić information content (AvgIpc) is 2.47. The molecule has 0 aromatic carbocycles. The van der Waals surface area contributed by atoms with Crippen LogP contribution in [0.3, 0.4) is 0 Å². The van der Waals surface area contributed by atoms with Crippen LogP contribution in [0.25, 0.3) is 0 Å². The highest BCUT2D eigenvalue weighted by atomic mass is 14.3. The van der Waals surface area contributed by atoms with Gasteiger partial charge in [0.15, 0.2) is 0 Å². The van der Waals surface area contributed by atoms with Gasteiger partial charge in [0, 0.05) is 0 Å². The Morgan fingerprint density at radius 1 is 1.17 bits per heavy atom. The minimum Gasteiger partial charge on any atom is -0.0988 e. The van der Waals surface area contributed by atoms with Gasteiger partial charge < -0.3 is 0 Å². The van der Waals surface area contributed by atoms with Gasteiger partial charge in [0.1, 0.15) is 0 Å². The van der Waals surface area contributed by atoms with E-state index in [4.69, 9.17) is 0 Å². The largest absolute Gasteiger partial charge is 0.0988 e. The lowest BCUT2D eigenvalue weighted by atomic mass is 9.77. The molecule has 0 aliphatic heterocycles. The first-order valence-electron chi connectivity index (χ1n) is 5.26. The Hall–Kier alpha value is -0.520. The highest BCUT2D eigenvalue weighted by Gasteiger charge is 2.23. The molecule has 0 heteroatoms. The summed E-state index contributed by atoms with van der Waals surface area (Å²) in [5.74, 6) is 0.899. The molecule has 0 aromatic heterocycles. The smallest absolute Gasteiger partial charge is 0.0163 e. The second-order valence-electron chi connectivity index (χ2n) is 4.10. The molecule has 2 aliphatic rings. The van der Waals surface area contributed by atoms with Gasteiger partial charge in [0.05, 0.1) is 0 Å². The van der Waals surface area contributed by atoms with Crippen molar-refractivity contribution in [2.24, 2.45) is 5.92 Å². The van der Waals surface area contributed by atoms with Crippen LogP contribution in [0.1, 0.15) is 44.9 Å². The van der Waals surface area contributed by atoms with Crippen molar-refractivity contribution in [1.29, 1.82) is 0 Å². The Bertz CT molecular complexity index is 198. The third kappa shape index (κ3) is 1.35. The van der Waals surface area contributed by atoms with E-state index in [2.05, 4.69) is 12.7 Å². The Kier molecular flexibility index (Phi) is 2.34. The molecule has 2 fully saturated rings. The maximum atomic E-state index is 3.95. The van der Waals surface area contributed by atoms with Crippen molar-refractivity contribution in [2.75, 3.05) is 0 Å². The number of hydrogen-bond donors (Lipinski definition) is 0. The fraction of sp³-hybridized carbons (Fsp3) is 0.667. The van der Waals surface area contributed by atoms with E-state index < -0.39 is 0 Å². The summed E-state index contributed by atoms with van der Waals surface area (Å²) in [5.41, 5.74) is 3.36. The molecule has 2 aliphatic carbocycles. The van der Waals surface area contributed by atoms with Gasteiger partial charge in [-0.1, -0.05) is 24.6 Å². The molecule has 2 saturated carbocycles. The van der Waals surface area contributed by atoms with Gasteiger partial charge in [-0.15, -0.1) is 0 Å². The molecule has 12 heavy (non-hydrogen) atoms. The summed E-state index contributed by atoms with van der Waals surface area (Å²) in [6.45, 7) is 3.95. The summed E-state index contributed by atoms with van der Waals surface area (Å²) in [7, 11) is 0. The maximum absolute atomic E-state index is 3.95. The molecule has 0 amide bonds. The molecule has 0 nitrogen and oxygen atoms in total. The normalized spacial score (nSPS) is 23.8. The van der Waals surface area contributed by atoms with E-state index in [-0.39, 0.29) is 0 Å². The van der Waals surface area contributed by atoms with Crippen LogP contribution in [0.15, 0.2) is 23.8 Å². The maximum Gasteiger partial charge on any atom is -0.0163 e. The van der Waals surface area contributed by atoms with Crippen LogP contribution in [0.5, 0.6) is 0 Å². The Labute approximate surface area is 75.4 Å². The van der Waals surface area contributed by atoms with Gasteiger partial charge in [-0.2, -0.15) is 0 Å². The van der Waals surface area contributed by atoms with Crippen molar-refractivity contribution >= 4 is 0 Å². The molecule has 0 spiro atoms. The predicted octanol–water partition coefficient (Wildman–Crippen LogP) is 3.84. The molecule has 0 saturated heterocycles. The van der Waals surface area contributed by atoms with Gasteiger partial charge in [0.2, 0.25) is 0 Å². The summed E-state index contributed by atoms with van der Waals surface area (Å²) >= 11 is 0. The van der Waals surface area contributed by atoms with Crippen LogP contribution < -0.4 is 0 Å². The van der Waals surface area contributed by atoms with Crippen LogP contribution in [0.4, 0.5) is 0 Å². The lowest BCUT2D eigenvalue weighted by Crippen LogP contribution is -2.13. The zero-order valence-electron chi connectivity index (χ0n) is 7.81. The minimum absolute atomic E-state index is 0.899. The van der Waals surface area contributed by atoms with Gasteiger partial charge in [-0.25, -0.2) is 0 Å². The van der Waals surface area contributed by atoms with Crippen LogP contribution in [-0.4, -0.2) is 0 Å². The quantitative estimate of drug-likeness (QED) is 0.578. The topological polar surface area (TPSA) is 0 Å². The minimum atomic E-state index is 0.899. The fourth-order valence-electron chi connectivity index (χ4n) is 2.41. The molecule has 0 heterocycles. The standard InChI is InChI=1S/C12H18/c1-2-12(11-8-5-9-11)10-6-3-4-7-10/h2,11H,1,3-9H2. The van der Waals surface area contributed by atoms with Crippen molar-refractivity contribution in [3.63, 3.8) is 0 Å². The first-order chi connectivity index (χ1) is 5.92. The molecule has 0 radical (unpaired) electrons. The van der Waals surface area contributed by atoms with Gasteiger partial charge in [0.25, 0.3) is 0 Å². The molecule has 0 unspecified atom stereocenters. The lowest BCUT2D eigenvalue weighted by Gasteiger charge is -2.28. The van der Waals surface area contributed by atoms with Gasteiger partial charge >= 0.3 is 0 Å². The summed E-state index contributed by atoms with van der Waals surface area (Å²) in [6.07, 6.45) is 12.0. The summed E-state index contributed by atoms with van der Waals surface area (Å²) < 4.78 is 0. The molecule has 0 bridgehead atoms. The van der Waals surface area contributed by atoms with E-state index in [0.29, 0.717) is 0 Å². The Morgan fingerprint density at radius 3 is 2.25 bits per heavy atom. The number of rotatable bonds is 2. The second-order valence-corrected chi connectivity index (χ2v) is 4.10. The first kappa shape index (κ1) is 8.10. The molecule has 0 aromatic rings. The highest BCUT2D eigenvalue weighted by Crippen LogP contribution is 2.39. The van der Waals surface area contributed by atoms with Crippen molar-refractivity contribution in [3.05, 3.63) is 23.8 Å². The molecular weight excluding hydrogens is 144 g/mol. The van der Waals surface area contributed by atoms with Crippen LogP contribution in [-0.2, 0) is 0 Å². The third-order valence-electron chi connectivity index (χ3n) is 3.38. The third-order valence-corrected chi connectivity index (χ3v) is 3.38. The predicted molar refractivity (Wildman–Crippen MR) is 53.0 cm³/mol. The van der Waals surface area contributed by atoms with Gasteiger partial charge in [-0.05, 0) is 50.0 Å². The van der Waals surface area contributed by atoms with Crippen molar-refractivity contribution in [2.45, 2.75) is 44.9 Å². The molecular formula is C12H18. The molecule has 0 N–H and O–H groups in total. The van der Waals surface area contributed by atoms with E-state index in [1.165, 1.54) is 44.9 Å². The molecule has 0 atom stereocenters. The number of allylic oxidation sites excluding steroid dienone is 3. The van der Waals surface area contributed by atoms with E-state index in [1.807, 2.05) is 0 Å². The summed E-state index contributed by atoms with van der Waals surface area (Å²) in [4.78, 5) is 0. The lowest BCUT2D eigenvalue weighted by molar-refractivity contribution is 0.371. The SMILES string of the molecule is C=CC(=C1CCCC1)C1CCC1. The molecule has 2 rings (SSSR count). The number of hydrogen-bond acceptors (Lipinski definition) is 0.